The van der Waals surface area contributed by atoms with Crippen LogP contribution in [0.3, 0.4) is 0 Å². The number of halogens is 2. The number of pyridine rings is 1. The van der Waals surface area contributed by atoms with Gasteiger partial charge in [-0.2, -0.15) is 0 Å². The summed E-state index contributed by atoms with van der Waals surface area (Å²) in [6.07, 6.45) is 4.85. The molecular weight excluding hydrogens is 697 g/mol. The molecule has 2 spiro atoms. The quantitative estimate of drug-likeness (QED) is 0.258. The maximum Gasteiger partial charge on any atom is 0.237 e. The zero-order valence-corrected chi connectivity index (χ0v) is 30.8. The van der Waals surface area contributed by atoms with Crippen LogP contribution in [-0.2, 0) is 22.6 Å². The van der Waals surface area contributed by atoms with E-state index in [4.69, 9.17) is 26.1 Å². The molecule has 0 bridgehead atoms. The molecule has 0 radical (unpaired) electrons. The first kappa shape index (κ1) is 34.1. The predicted octanol–water partition coefficient (Wildman–Crippen LogP) is 5.30. The molecule has 53 heavy (non-hydrogen) atoms. The minimum atomic E-state index is -0.468. The number of fused-ring (bicyclic) bond motifs is 1. The number of likely N-dealkylation sites (tertiary alicyclic amines) is 3. The van der Waals surface area contributed by atoms with E-state index in [1.54, 1.807) is 38.4 Å². The van der Waals surface area contributed by atoms with Crippen LogP contribution >= 0.6 is 11.6 Å². The summed E-state index contributed by atoms with van der Waals surface area (Å²) in [6.45, 7) is 7.25. The van der Waals surface area contributed by atoms with Crippen molar-refractivity contribution in [2.45, 2.75) is 50.7 Å². The summed E-state index contributed by atoms with van der Waals surface area (Å²) in [5.41, 5.74) is 5.91. The molecule has 0 saturated carbocycles. The molecule has 13 heteroatoms. The van der Waals surface area contributed by atoms with E-state index in [0.717, 1.165) is 64.1 Å². The second kappa shape index (κ2) is 12.7. The van der Waals surface area contributed by atoms with Gasteiger partial charge in [0.05, 0.1) is 42.4 Å². The van der Waals surface area contributed by atoms with Gasteiger partial charge in [-0.1, -0.05) is 41.9 Å². The number of aryl methyl sites for hydroxylation is 1. The summed E-state index contributed by atoms with van der Waals surface area (Å²) in [5, 5.41) is 3.49. The Morgan fingerprint density at radius 2 is 1.64 bits per heavy atom. The highest BCUT2D eigenvalue weighted by Crippen LogP contribution is 2.50. The first-order valence-corrected chi connectivity index (χ1v) is 18.5. The second-order valence-electron chi connectivity index (χ2n) is 15.4. The van der Waals surface area contributed by atoms with Gasteiger partial charge in [-0.3, -0.25) is 24.4 Å². The largest absolute Gasteiger partial charge is 0.481 e. The minimum Gasteiger partial charge on any atom is -0.481 e. The van der Waals surface area contributed by atoms with E-state index in [1.807, 2.05) is 23.1 Å². The van der Waals surface area contributed by atoms with Crippen molar-refractivity contribution >= 4 is 23.4 Å². The Kier molecular flexibility index (Phi) is 8.21. The van der Waals surface area contributed by atoms with Crippen molar-refractivity contribution in [1.29, 1.82) is 0 Å². The zero-order chi connectivity index (χ0) is 36.6. The fraction of sp³-hybridized carbons (Fsp3) is 0.425. The number of amides is 2. The van der Waals surface area contributed by atoms with E-state index in [0.29, 0.717) is 63.5 Å². The molecule has 4 aromatic rings. The topological polar surface area (TPSA) is 113 Å². The number of hydrogen-bond donors (Lipinski definition) is 1. The molecule has 4 aliphatic heterocycles. The van der Waals surface area contributed by atoms with Gasteiger partial charge >= 0.3 is 0 Å². The van der Waals surface area contributed by atoms with Crippen LogP contribution in [0.2, 0.25) is 5.02 Å². The van der Waals surface area contributed by atoms with Crippen LogP contribution in [0.4, 0.5) is 4.39 Å². The third-order valence-corrected chi connectivity index (χ3v) is 12.3. The van der Waals surface area contributed by atoms with Gasteiger partial charge < -0.3 is 19.7 Å². The van der Waals surface area contributed by atoms with Crippen LogP contribution in [0.1, 0.15) is 49.0 Å². The number of ether oxygens (including phenoxy) is 2. The van der Waals surface area contributed by atoms with E-state index >= 15 is 4.39 Å². The molecule has 2 aromatic heterocycles. The highest BCUT2D eigenvalue weighted by Gasteiger charge is 2.55. The highest BCUT2D eigenvalue weighted by molar-refractivity contribution is 6.36. The lowest BCUT2D eigenvalue weighted by Gasteiger charge is -2.61. The number of aromatic nitrogens is 3. The molecular formula is C40H41ClFN7O4. The number of benzene rings is 2. The van der Waals surface area contributed by atoms with E-state index < -0.39 is 5.82 Å². The third-order valence-electron chi connectivity index (χ3n) is 11.8. The average molecular weight is 738 g/mol. The normalized spacial score (nSPS) is 21.2. The van der Waals surface area contributed by atoms with Crippen molar-refractivity contribution < 1.29 is 23.5 Å². The maximum absolute atomic E-state index is 16.5. The number of nitrogens with one attached hydrogen (secondary N) is 1. The Morgan fingerprint density at radius 3 is 2.34 bits per heavy atom. The molecule has 1 N–H and O–H groups in total. The number of hydrogen-bond acceptors (Lipinski definition) is 9. The van der Waals surface area contributed by atoms with Gasteiger partial charge in [-0.25, -0.2) is 14.4 Å². The lowest BCUT2D eigenvalue weighted by molar-refractivity contribution is -0.161. The van der Waals surface area contributed by atoms with Crippen molar-refractivity contribution in [1.82, 2.24) is 35.0 Å². The fourth-order valence-corrected chi connectivity index (χ4v) is 9.61. The minimum absolute atomic E-state index is 0.104. The first-order chi connectivity index (χ1) is 25.6. The van der Waals surface area contributed by atoms with Gasteiger partial charge in [-0.15, -0.1) is 0 Å². The predicted molar refractivity (Wildman–Crippen MR) is 197 cm³/mol. The van der Waals surface area contributed by atoms with Crippen LogP contribution < -0.4 is 14.8 Å². The van der Waals surface area contributed by atoms with Gasteiger partial charge in [-0.05, 0) is 37.0 Å². The fourth-order valence-electron chi connectivity index (χ4n) is 9.28. The summed E-state index contributed by atoms with van der Waals surface area (Å²) in [4.78, 5) is 44.4. The summed E-state index contributed by atoms with van der Waals surface area (Å²) < 4.78 is 28.0. The molecule has 1 aliphatic carbocycles. The summed E-state index contributed by atoms with van der Waals surface area (Å²) in [6, 6.07) is 13.1. The second-order valence-corrected chi connectivity index (χ2v) is 15.8. The molecule has 5 aliphatic rings. The Hall–Kier alpha value is -4.65. The van der Waals surface area contributed by atoms with E-state index in [1.165, 1.54) is 12.7 Å². The van der Waals surface area contributed by atoms with E-state index in [-0.39, 0.29) is 34.4 Å². The monoisotopic (exact) mass is 737 g/mol. The number of carbonyl (C=O) groups is 2. The number of methoxy groups -OCH3 is 2. The smallest absolute Gasteiger partial charge is 0.237 e. The molecule has 6 heterocycles. The van der Waals surface area contributed by atoms with Crippen LogP contribution in [0.15, 0.2) is 48.7 Å². The van der Waals surface area contributed by atoms with E-state index in [2.05, 4.69) is 31.2 Å². The van der Waals surface area contributed by atoms with Crippen molar-refractivity contribution in [2.24, 2.45) is 5.41 Å². The van der Waals surface area contributed by atoms with Crippen LogP contribution in [0, 0.1) is 11.2 Å². The van der Waals surface area contributed by atoms with E-state index in [9.17, 15) is 9.59 Å². The molecule has 9 rings (SSSR count). The van der Waals surface area contributed by atoms with Crippen molar-refractivity contribution in [3.05, 3.63) is 76.3 Å². The number of nitrogens with zero attached hydrogens (tertiary/aromatic N) is 6. The first-order valence-electron chi connectivity index (χ1n) is 18.2. The third kappa shape index (κ3) is 5.73. The van der Waals surface area contributed by atoms with Gasteiger partial charge in [0.15, 0.2) is 0 Å². The van der Waals surface area contributed by atoms with Gasteiger partial charge in [0.1, 0.15) is 11.5 Å². The number of carbonyl (C=O) groups excluding carboxylic acids is 2. The Bertz CT molecular complexity index is 2160. The SMILES string of the molecule is COc1nc(-c2cccc(-c3cccc(-c4cc5c(c(OC)n4)C(N4CC6(CN(C(C)=O)C6)C4)CC5)c3Cl)c2F)cnc1CN1CC2(CCC(=O)N2)C1. The van der Waals surface area contributed by atoms with Crippen molar-refractivity contribution in [2.75, 3.05) is 53.5 Å². The average Bonchev–Trinajstić information content (AvgIpc) is 3.71. The highest BCUT2D eigenvalue weighted by atomic mass is 35.5. The van der Waals surface area contributed by atoms with Gasteiger partial charge in [0.25, 0.3) is 0 Å². The molecule has 2 amide bonds. The molecule has 2 aromatic carbocycles. The maximum atomic E-state index is 16.5. The van der Waals surface area contributed by atoms with Crippen molar-refractivity contribution in [3.63, 3.8) is 0 Å². The van der Waals surface area contributed by atoms with Crippen LogP contribution in [-0.4, -0.2) is 100 Å². The Labute approximate surface area is 312 Å². The standard InChI is InChI=1S/C40H41ClFN7O4/c1-23(50)48-17-39(18-48)19-49(20-39)32-11-10-24-14-29(44-38(53-3)34(24)32)27-8-4-6-25(35(27)41)26-7-5-9-28(36(26)42)30-15-43-31(37(45-30)52-2)16-47-21-40(22-47)13-12-33(51)46-40/h4-9,14-15,32H,10-13,16-22H2,1-3H3,(H,46,51). The van der Waals surface area contributed by atoms with Gasteiger partial charge in [0, 0.05) is 98.4 Å². The van der Waals surface area contributed by atoms with Gasteiger partial charge in [0.2, 0.25) is 23.6 Å². The molecule has 1 unspecified atom stereocenters. The molecule has 4 fully saturated rings. The molecule has 274 valence electrons. The number of rotatable bonds is 8. The van der Waals surface area contributed by atoms with Crippen molar-refractivity contribution in [3.8, 4) is 45.4 Å². The lowest BCUT2D eigenvalue weighted by Crippen LogP contribution is -2.72. The summed E-state index contributed by atoms with van der Waals surface area (Å²) in [7, 11) is 3.18. The molecule has 11 nitrogen and oxygen atoms in total. The molecule has 1 atom stereocenters. The van der Waals surface area contributed by atoms with Crippen LogP contribution in [0.25, 0.3) is 33.6 Å². The summed E-state index contributed by atoms with van der Waals surface area (Å²) >= 11 is 7.12. The summed E-state index contributed by atoms with van der Waals surface area (Å²) in [5.74, 6) is 0.701. The van der Waals surface area contributed by atoms with Crippen LogP contribution in [0.5, 0.6) is 11.8 Å². The zero-order valence-electron chi connectivity index (χ0n) is 30.0. The molecule has 4 saturated heterocycles. The lowest BCUT2D eigenvalue weighted by atomic mass is 9.72. The Balaban J connectivity index is 0.958. The Morgan fingerprint density at radius 1 is 0.943 bits per heavy atom.